The molecule has 0 aliphatic heterocycles. The Kier molecular flexibility index (Phi) is 5.82. The number of nitrogens with zero attached hydrogens (tertiary/aromatic N) is 4. The minimum atomic E-state index is -4.55. The van der Waals surface area contributed by atoms with Gasteiger partial charge in [-0.25, -0.2) is 15.0 Å². The Morgan fingerprint density at radius 3 is 2.67 bits per heavy atom. The van der Waals surface area contributed by atoms with Gasteiger partial charge in [0.1, 0.15) is 17.5 Å². The highest BCUT2D eigenvalue weighted by atomic mass is 35.5. The van der Waals surface area contributed by atoms with Crippen LogP contribution in [0.1, 0.15) is 29.7 Å². The molecule has 1 atom stereocenters. The van der Waals surface area contributed by atoms with Gasteiger partial charge in [-0.3, -0.25) is 0 Å². The van der Waals surface area contributed by atoms with Crippen molar-refractivity contribution in [3.63, 3.8) is 0 Å². The fourth-order valence-corrected chi connectivity index (χ4v) is 3.59. The van der Waals surface area contributed by atoms with E-state index in [9.17, 15) is 18.4 Å². The number of methoxy groups -OCH3 is 1. The highest BCUT2D eigenvalue weighted by molar-refractivity contribution is 6.32. The predicted molar refractivity (Wildman–Crippen MR) is 117 cm³/mol. The summed E-state index contributed by atoms with van der Waals surface area (Å²) in [7, 11) is 1.52. The Balaban J connectivity index is 1.72. The summed E-state index contributed by atoms with van der Waals surface area (Å²) >= 11 is 6.20. The summed E-state index contributed by atoms with van der Waals surface area (Å²) in [6.45, 7) is 1.87. The molecule has 0 bridgehead atoms. The number of benzene rings is 1. The average molecular weight is 473 g/mol. The summed E-state index contributed by atoms with van der Waals surface area (Å²) in [6, 6.07) is 8.00. The molecule has 4 aromatic rings. The molecule has 0 radical (unpaired) electrons. The van der Waals surface area contributed by atoms with Gasteiger partial charge < -0.3 is 15.0 Å². The van der Waals surface area contributed by atoms with Gasteiger partial charge in [0.2, 0.25) is 5.95 Å². The zero-order valence-corrected chi connectivity index (χ0v) is 18.1. The van der Waals surface area contributed by atoms with E-state index in [2.05, 4.69) is 25.3 Å². The molecule has 0 aliphatic carbocycles. The normalized spacial score (nSPS) is 12.4. The second-order valence-electron chi connectivity index (χ2n) is 7.15. The lowest BCUT2D eigenvalue weighted by Gasteiger charge is -2.16. The molecule has 0 saturated carbocycles. The molecular formula is C22H16ClF3N6O. The van der Waals surface area contributed by atoms with E-state index < -0.39 is 11.7 Å². The standard InChI is InChI=1S/C22H16ClF3N6O/c1-11(12-3-4-18(33-2)17(23)5-12)31-21-30-8-13(7-27)19(32-21)16-10-29-20-15(16)6-14(9-28-20)22(24,25)26/h3-6,8-11H,1-2H3,(H,28,29)(H,30,31,32). The van der Waals surface area contributed by atoms with Gasteiger partial charge in [0.25, 0.3) is 0 Å². The molecule has 1 unspecified atom stereocenters. The number of H-pyrrole nitrogens is 1. The number of ether oxygens (including phenoxy) is 1. The van der Waals surface area contributed by atoms with Crippen LogP contribution in [0, 0.1) is 11.3 Å². The first kappa shape index (κ1) is 22.4. The minimum Gasteiger partial charge on any atom is -0.495 e. The molecule has 0 fully saturated rings. The van der Waals surface area contributed by atoms with E-state index in [1.54, 1.807) is 12.1 Å². The van der Waals surface area contributed by atoms with Crippen LogP contribution in [0.4, 0.5) is 19.1 Å². The van der Waals surface area contributed by atoms with Gasteiger partial charge in [-0.15, -0.1) is 0 Å². The van der Waals surface area contributed by atoms with Crippen LogP contribution in [0.3, 0.4) is 0 Å². The predicted octanol–water partition coefficient (Wildman–Crippen LogP) is 5.75. The van der Waals surface area contributed by atoms with Crippen molar-refractivity contribution < 1.29 is 17.9 Å². The van der Waals surface area contributed by atoms with E-state index in [4.69, 9.17) is 16.3 Å². The first-order chi connectivity index (χ1) is 15.7. The fraction of sp³-hybridized carbons (Fsp3) is 0.182. The topological polar surface area (TPSA) is 99.5 Å². The lowest BCUT2D eigenvalue weighted by molar-refractivity contribution is -0.137. The second kappa shape index (κ2) is 8.60. The van der Waals surface area contributed by atoms with Crippen LogP contribution >= 0.6 is 11.6 Å². The third-order valence-corrected chi connectivity index (χ3v) is 5.34. The highest BCUT2D eigenvalue weighted by Gasteiger charge is 2.31. The smallest absolute Gasteiger partial charge is 0.417 e. The number of hydrogen-bond acceptors (Lipinski definition) is 6. The molecule has 168 valence electrons. The molecule has 1 aromatic carbocycles. The lowest BCUT2D eigenvalue weighted by atomic mass is 10.1. The molecule has 7 nitrogen and oxygen atoms in total. The third kappa shape index (κ3) is 4.40. The van der Waals surface area contributed by atoms with Crippen LogP contribution < -0.4 is 10.1 Å². The number of nitrogens with one attached hydrogen (secondary N) is 2. The molecule has 3 heterocycles. The second-order valence-corrected chi connectivity index (χ2v) is 7.56. The molecule has 11 heteroatoms. The molecule has 2 N–H and O–H groups in total. The average Bonchev–Trinajstić information content (AvgIpc) is 3.21. The first-order valence-corrected chi connectivity index (χ1v) is 10.0. The summed E-state index contributed by atoms with van der Waals surface area (Å²) in [5.74, 6) is 0.730. The summed E-state index contributed by atoms with van der Waals surface area (Å²) in [5, 5.41) is 13.3. The number of hydrogen-bond donors (Lipinski definition) is 2. The molecule has 0 spiro atoms. The molecule has 33 heavy (non-hydrogen) atoms. The Bertz CT molecular complexity index is 1380. The van der Waals surface area contributed by atoms with E-state index in [0.717, 1.165) is 17.8 Å². The third-order valence-electron chi connectivity index (χ3n) is 5.04. The number of pyridine rings is 1. The van der Waals surface area contributed by atoms with Gasteiger partial charge in [-0.2, -0.15) is 18.4 Å². The Morgan fingerprint density at radius 2 is 2.00 bits per heavy atom. The number of fused-ring (bicyclic) bond motifs is 1. The SMILES string of the molecule is COc1ccc(C(C)Nc2ncc(C#N)c(-c3c[nH]c4ncc(C(F)(F)F)cc34)n2)cc1Cl. The van der Waals surface area contributed by atoms with E-state index in [1.807, 2.05) is 19.1 Å². The Labute approximate surface area is 191 Å². The zero-order valence-electron chi connectivity index (χ0n) is 17.3. The van der Waals surface area contributed by atoms with Crippen LogP contribution in [0.15, 0.2) is 42.9 Å². The number of nitriles is 1. The fourth-order valence-electron chi connectivity index (χ4n) is 3.32. The summed E-state index contributed by atoms with van der Waals surface area (Å²) in [6.07, 6.45) is -1.01. The van der Waals surface area contributed by atoms with Gasteiger partial charge in [0.15, 0.2) is 0 Å². The molecule has 4 rings (SSSR count). The van der Waals surface area contributed by atoms with Gasteiger partial charge in [-0.05, 0) is 30.7 Å². The van der Waals surface area contributed by atoms with E-state index in [-0.39, 0.29) is 34.3 Å². The number of rotatable bonds is 5. The van der Waals surface area contributed by atoms with Crippen molar-refractivity contribution in [3.05, 3.63) is 64.6 Å². The van der Waals surface area contributed by atoms with E-state index in [0.29, 0.717) is 16.3 Å². The van der Waals surface area contributed by atoms with Crippen molar-refractivity contribution in [1.29, 1.82) is 5.26 Å². The minimum absolute atomic E-state index is 0.110. The number of aromatic amines is 1. The maximum atomic E-state index is 13.2. The van der Waals surface area contributed by atoms with Crippen LogP contribution in [0.5, 0.6) is 5.75 Å². The van der Waals surface area contributed by atoms with Gasteiger partial charge in [0.05, 0.1) is 41.2 Å². The van der Waals surface area contributed by atoms with Crippen LogP contribution in [0.2, 0.25) is 5.02 Å². The van der Waals surface area contributed by atoms with E-state index >= 15 is 0 Å². The number of alkyl halides is 3. The van der Waals surface area contributed by atoms with Crippen molar-refractivity contribution in [2.75, 3.05) is 12.4 Å². The zero-order chi connectivity index (χ0) is 23.8. The van der Waals surface area contributed by atoms with Crippen LogP contribution in [-0.4, -0.2) is 27.0 Å². The molecule has 0 aliphatic rings. The van der Waals surface area contributed by atoms with Gasteiger partial charge in [0, 0.05) is 23.3 Å². The van der Waals surface area contributed by atoms with Crippen molar-refractivity contribution in [2.45, 2.75) is 19.1 Å². The van der Waals surface area contributed by atoms with Crippen molar-refractivity contribution in [3.8, 4) is 23.1 Å². The Hall–Kier alpha value is -3.84. The van der Waals surface area contributed by atoms with Crippen molar-refractivity contribution in [2.24, 2.45) is 0 Å². The van der Waals surface area contributed by atoms with Crippen LogP contribution in [0.25, 0.3) is 22.3 Å². The molecule has 0 saturated heterocycles. The first-order valence-electron chi connectivity index (χ1n) is 9.63. The summed E-state index contributed by atoms with van der Waals surface area (Å²) < 4.78 is 44.7. The molecule has 3 aromatic heterocycles. The number of aromatic nitrogens is 4. The number of anilines is 1. The van der Waals surface area contributed by atoms with Gasteiger partial charge >= 0.3 is 6.18 Å². The van der Waals surface area contributed by atoms with Gasteiger partial charge in [-0.1, -0.05) is 17.7 Å². The highest BCUT2D eigenvalue weighted by Crippen LogP contribution is 2.35. The van der Waals surface area contributed by atoms with E-state index in [1.165, 1.54) is 19.5 Å². The van der Waals surface area contributed by atoms with Crippen LogP contribution in [-0.2, 0) is 6.18 Å². The monoisotopic (exact) mass is 472 g/mol. The summed E-state index contributed by atoms with van der Waals surface area (Å²) in [4.78, 5) is 15.3. The van der Waals surface area contributed by atoms with Crippen molar-refractivity contribution >= 4 is 28.6 Å². The Morgan fingerprint density at radius 1 is 1.21 bits per heavy atom. The summed E-state index contributed by atoms with van der Waals surface area (Å²) in [5.41, 5.74) is 0.788. The molecular weight excluding hydrogens is 457 g/mol. The maximum Gasteiger partial charge on any atom is 0.417 e. The lowest BCUT2D eigenvalue weighted by Crippen LogP contribution is -2.10. The maximum absolute atomic E-state index is 13.2. The quantitative estimate of drug-likeness (QED) is 0.384. The number of halogens is 4. The van der Waals surface area contributed by atoms with Crippen molar-refractivity contribution in [1.82, 2.24) is 19.9 Å². The molecule has 0 amide bonds. The largest absolute Gasteiger partial charge is 0.495 e.